The standard InChI is InChI=1S/C16H24ClNO2/c1-4-5-13-9-12(6-7-20-13)18-15-8-11(2)14(17)10-16(15)19-3/h8,10,12-13,18H,4-7,9H2,1-3H3. The first kappa shape index (κ1) is 15.5. The lowest BCUT2D eigenvalue weighted by Gasteiger charge is -2.31. The quantitative estimate of drug-likeness (QED) is 0.873. The first-order chi connectivity index (χ1) is 9.63. The predicted molar refractivity (Wildman–Crippen MR) is 84.0 cm³/mol. The topological polar surface area (TPSA) is 30.5 Å². The molecule has 0 radical (unpaired) electrons. The average Bonchev–Trinajstić information content (AvgIpc) is 2.43. The van der Waals surface area contributed by atoms with Crippen molar-refractivity contribution >= 4 is 17.3 Å². The fourth-order valence-corrected chi connectivity index (χ4v) is 2.85. The summed E-state index contributed by atoms with van der Waals surface area (Å²) in [5, 5.41) is 4.33. The van der Waals surface area contributed by atoms with Gasteiger partial charge in [-0.3, -0.25) is 0 Å². The Balaban J connectivity index is 2.07. The monoisotopic (exact) mass is 297 g/mol. The maximum absolute atomic E-state index is 6.14. The van der Waals surface area contributed by atoms with Crippen LogP contribution in [0.4, 0.5) is 5.69 Å². The van der Waals surface area contributed by atoms with Crippen molar-refractivity contribution < 1.29 is 9.47 Å². The molecular formula is C16H24ClNO2. The number of anilines is 1. The average molecular weight is 298 g/mol. The van der Waals surface area contributed by atoms with Gasteiger partial charge >= 0.3 is 0 Å². The number of benzene rings is 1. The van der Waals surface area contributed by atoms with Crippen LogP contribution in [0, 0.1) is 6.92 Å². The summed E-state index contributed by atoms with van der Waals surface area (Å²) >= 11 is 6.14. The molecule has 0 saturated carbocycles. The maximum atomic E-state index is 6.14. The molecule has 0 amide bonds. The van der Waals surface area contributed by atoms with Crippen LogP contribution in [0.2, 0.25) is 5.02 Å². The SMILES string of the molecule is CCCC1CC(Nc2cc(C)c(Cl)cc2OC)CCO1. The van der Waals surface area contributed by atoms with Crippen LogP contribution < -0.4 is 10.1 Å². The first-order valence-corrected chi connectivity index (χ1v) is 7.74. The minimum Gasteiger partial charge on any atom is -0.495 e. The molecule has 3 nitrogen and oxygen atoms in total. The highest BCUT2D eigenvalue weighted by atomic mass is 35.5. The Labute approximate surface area is 126 Å². The second-order valence-corrected chi connectivity index (χ2v) is 5.86. The summed E-state index contributed by atoms with van der Waals surface area (Å²) < 4.78 is 11.2. The van der Waals surface area contributed by atoms with E-state index in [1.807, 2.05) is 13.0 Å². The molecule has 112 valence electrons. The third-order valence-electron chi connectivity index (χ3n) is 3.82. The number of hydrogen-bond donors (Lipinski definition) is 1. The number of aryl methyl sites for hydroxylation is 1. The van der Waals surface area contributed by atoms with Gasteiger partial charge in [-0.2, -0.15) is 0 Å². The molecule has 1 saturated heterocycles. The molecule has 1 aliphatic rings. The zero-order valence-electron chi connectivity index (χ0n) is 12.5. The molecule has 0 aliphatic carbocycles. The molecule has 0 spiro atoms. The van der Waals surface area contributed by atoms with E-state index >= 15 is 0 Å². The molecule has 20 heavy (non-hydrogen) atoms. The number of rotatable bonds is 5. The molecule has 2 atom stereocenters. The Morgan fingerprint density at radius 3 is 2.95 bits per heavy atom. The van der Waals surface area contributed by atoms with Gasteiger partial charge in [0.2, 0.25) is 0 Å². The summed E-state index contributed by atoms with van der Waals surface area (Å²) in [7, 11) is 1.68. The smallest absolute Gasteiger partial charge is 0.143 e. The van der Waals surface area contributed by atoms with Crippen molar-refractivity contribution in [3.63, 3.8) is 0 Å². The Morgan fingerprint density at radius 2 is 2.25 bits per heavy atom. The minimum absolute atomic E-state index is 0.380. The molecule has 1 aromatic carbocycles. The van der Waals surface area contributed by atoms with E-state index in [4.69, 9.17) is 21.1 Å². The van der Waals surface area contributed by atoms with E-state index in [1.165, 1.54) is 6.42 Å². The number of nitrogens with one attached hydrogen (secondary N) is 1. The van der Waals surface area contributed by atoms with E-state index in [0.717, 1.165) is 47.9 Å². The Hall–Kier alpha value is -0.930. The van der Waals surface area contributed by atoms with Crippen LogP contribution in [0.1, 0.15) is 38.2 Å². The maximum Gasteiger partial charge on any atom is 0.143 e. The highest BCUT2D eigenvalue weighted by Crippen LogP contribution is 2.32. The van der Waals surface area contributed by atoms with Crippen molar-refractivity contribution in [1.82, 2.24) is 0 Å². The lowest BCUT2D eigenvalue weighted by molar-refractivity contribution is 0.00595. The molecule has 2 rings (SSSR count). The van der Waals surface area contributed by atoms with Gasteiger partial charge in [0.25, 0.3) is 0 Å². The van der Waals surface area contributed by atoms with E-state index in [9.17, 15) is 0 Å². The summed E-state index contributed by atoms with van der Waals surface area (Å²) in [6.45, 7) is 5.04. The second kappa shape index (κ2) is 7.19. The summed E-state index contributed by atoms with van der Waals surface area (Å²) in [6.07, 6.45) is 4.77. The van der Waals surface area contributed by atoms with Crippen LogP contribution in [-0.2, 0) is 4.74 Å². The molecule has 4 heteroatoms. The van der Waals surface area contributed by atoms with Gasteiger partial charge in [0.1, 0.15) is 5.75 Å². The zero-order chi connectivity index (χ0) is 14.5. The van der Waals surface area contributed by atoms with Crippen LogP contribution in [0.15, 0.2) is 12.1 Å². The van der Waals surface area contributed by atoms with E-state index in [1.54, 1.807) is 7.11 Å². The lowest BCUT2D eigenvalue weighted by atomic mass is 9.99. The third kappa shape index (κ3) is 3.80. The summed E-state index contributed by atoms with van der Waals surface area (Å²) in [5.74, 6) is 0.805. The summed E-state index contributed by atoms with van der Waals surface area (Å²) in [4.78, 5) is 0. The van der Waals surface area contributed by atoms with Crippen molar-refractivity contribution in [3.8, 4) is 5.75 Å². The molecule has 1 N–H and O–H groups in total. The van der Waals surface area contributed by atoms with E-state index in [-0.39, 0.29) is 0 Å². The first-order valence-electron chi connectivity index (χ1n) is 7.36. The normalized spacial score (nSPS) is 22.6. The van der Waals surface area contributed by atoms with Crippen LogP contribution in [0.3, 0.4) is 0 Å². The number of methoxy groups -OCH3 is 1. The fourth-order valence-electron chi connectivity index (χ4n) is 2.70. The molecule has 1 fully saturated rings. The van der Waals surface area contributed by atoms with Gasteiger partial charge < -0.3 is 14.8 Å². The van der Waals surface area contributed by atoms with E-state index in [0.29, 0.717) is 12.1 Å². The van der Waals surface area contributed by atoms with Crippen LogP contribution >= 0.6 is 11.6 Å². The molecular weight excluding hydrogens is 274 g/mol. The van der Waals surface area contributed by atoms with Crippen molar-refractivity contribution in [2.75, 3.05) is 19.0 Å². The zero-order valence-corrected chi connectivity index (χ0v) is 13.3. The molecule has 2 unspecified atom stereocenters. The van der Waals surface area contributed by atoms with Crippen molar-refractivity contribution in [2.45, 2.75) is 51.7 Å². The van der Waals surface area contributed by atoms with E-state index < -0.39 is 0 Å². The van der Waals surface area contributed by atoms with Gasteiger partial charge in [-0.15, -0.1) is 0 Å². The van der Waals surface area contributed by atoms with Crippen LogP contribution in [0.25, 0.3) is 0 Å². The molecule has 0 aromatic heterocycles. The molecule has 1 aliphatic heterocycles. The fraction of sp³-hybridized carbons (Fsp3) is 0.625. The van der Waals surface area contributed by atoms with Gasteiger partial charge in [-0.25, -0.2) is 0 Å². The summed E-state index contributed by atoms with van der Waals surface area (Å²) in [6, 6.07) is 4.38. The van der Waals surface area contributed by atoms with E-state index in [2.05, 4.69) is 18.3 Å². The lowest BCUT2D eigenvalue weighted by Crippen LogP contribution is -2.34. The molecule has 1 heterocycles. The molecule has 0 bridgehead atoms. The van der Waals surface area contributed by atoms with Gasteiger partial charge in [0.15, 0.2) is 0 Å². The van der Waals surface area contributed by atoms with Crippen molar-refractivity contribution in [3.05, 3.63) is 22.7 Å². The Bertz CT molecular complexity index is 448. The highest BCUT2D eigenvalue weighted by molar-refractivity contribution is 6.31. The van der Waals surface area contributed by atoms with Gasteiger partial charge in [-0.05, 0) is 37.8 Å². The second-order valence-electron chi connectivity index (χ2n) is 5.45. The van der Waals surface area contributed by atoms with Crippen LogP contribution in [-0.4, -0.2) is 25.9 Å². The van der Waals surface area contributed by atoms with Crippen molar-refractivity contribution in [1.29, 1.82) is 0 Å². The highest BCUT2D eigenvalue weighted by Gasteiger charge is 2.22. The minimum atomic E-state index is 0.380. The van der Waals surface area contributed by atoms with Gasteiger partial charge in [0, 0.05) is 23.7 Å². The largest absolute Gasteiger partial charge is 0.495 e. The van der Waals surface area contributed by atoms with Crippen molar-refractivity contribution in [2.24, 2.45) is 0 Å². The van der Waals surface area contributed by atoms with Gasteiger partial charge in [-0.1, -0.05) is 24.9 Å². The Kier molecular flexibility index (Phi) is 5.55. The van der Waals surface area contributed by atoms with Crippen LogP contribution in [0.5, 0.6) is 5.75 Å². The third-order valence-corrected chi connectivity index (χ3v) is 4.23. The summed E-state index contributed by atoms with van der Waals surface area (Å²) in [5.41, 5.74) is 2.09. The van der Waals surface area contributed by atoms with Gasteiger partial charge in [0.05, 0.1) is 18.9 Å². The molecule has 1 aromatic rings. The predicted octanol–water partition coefficient (Wildman–Crippen LogP) is 4.42. The number of halogens is 1. The number of ether oxygens (including phenoxy) is 2. The Morgan fingerprint density at radius 1 is 1.45 bits per heavy atom. The number of hydrogen-bond acceptors (Lipinski definition) is 3.